The molecule has 2 aliphatic rings. The van der Waals surface area contributed by atoms with Gasteiger partial charge in [0.15, 0.2) is 0 Å². The van der Waals surface area contributed by atoms with Crippen LogP contribution in [-0.4, -0.2) is 61.6 Å². The van der Waals surface area contributed by atoms with E-state index >= 15 is 0 Å². The van der Waals surface area contributed by atoms with Crippen molar-refractivity contribution in [1.82, 2.24) is 24.6 Å². The maximum absolute atomic E-state index is 13.5. The average Bonchev–Trinajstić information content (AvgIpc) is 3.49. The molecule has 1 aromatic heterocycles. The van der Waals surface area contributed by atoms with Gasteiger partial charge in [-0.25, -0.2) is 9.67 Å². The van der Waals surface area contributed by atoms with Crippen LogP contribution >= 0.6 is 23.2 Å². The van der Waals surface area contributed by atoms with Gasteiger partial charge in [-0.05, 0) is 49.2 Å². The van der Waals surface area contributed by atoms with Gasteiger partial charge in [-0.1, -0.05) is 48.2 Å². The van der Waals surface area contributed by atoms with E-state index in [2.05, 4.69) is 10.1 Å². The van der Waals surface area contributed by atoms with Crippen molar-refractivity contribution in [2.75, 3.05) is 19.6 Å². The molecule has 5 rings (SSSR count). The maximum atomic E-state index is 13.5. The lowest BCUT2D eigenvalue weighted by atomic mass is 9.91. The molecule has 0 bridgehead atoms. The maximum Gasteiger partial charge on any atom is 0.294 e. The predicted molar refractivity (Wildman–Crippen MR) is 126 cm³/mol. The Morgan fingerprint density at radius 2 is 1.64 bits per heavy atom. The Labute approximate surface area is 201 Å². The molecule has 1 aliphatic carbocycles. The van der Waals surface area contributed by atoms with E-state index in [1.165, 1.54) is 6.33 Å². The molecule has 2 amide bonds. The fourth-order valence-electron chi connectivity index (χ4n) is 4.96. The van der Waals surface area contributed by atoms with Crippen molar-refractivity contribution in [1.29, 1.82) is 0 Å². The van der Waals surface area contributed by atoms with E-state index in [1.54, 1.807) is 41.1 Å². The molecular weight excluding hydrogens is 461 g/mol. The fraction of sp³-hybridized carbons (Fsp3) is 0.333. The van der Waals surface area contributed by atoms with Crippen molar-refractivity contribution in [2.24, 2.45) is 0 Å². The number of aromatic nitrogens is 3. The summed E-state index contributed by atoms with van der Waals surface area (Å²) in [5, 5.41) is 5.54. The number of carbonyl (C=O) groups excluding carboxylic acids is 2. The Balaban J connectivity index is 1.38. The minimum atomic E-state index is -0.398. The van der Waals surface area contributed by atoms with Crippen molar-refractivity contribution in [2.45, 2.75) is 31.2 Å². The second-order valence-corrected chi connectivity index (χ2v) is 9.49. The molecule has 0 atom stereocenters. The zero-order valence-electron chi connectivity index (χ0n) is 18.0. The third-order valence-electron chi connectivity index (χ3n) is 6.55. The zero-order chi connectivity index (χ0) is 23.0. The summed E-state index contributed by atoms with van der Waals surface area (Å²) in [6.45, 7) is 1.39. The number of halogens is 2. The van der Waals surface area contributed by atoms with Crippen LogP contribution in [0.25, 0.3) is 5.69 Å². The smallest absolute Gasteiger partial charge is 0.294 e. The molecule has 0 N–H and O–H groups in total. The fourth-order valence-corrected chi connectivity index (χ4v) is 5.33. The topological polar surface area (TPSA) is 71.3 Å². The molecule has 0 radical (unpaired) electrons. The van der Waals surface area contributed by atoms with Gasteiger partial charge in [-0.15, -0.1) is 5.10 Å². The van der Waals surface area contributed by atoms with Crippen LogP contribution in [0, 0.1) is 0 Å². The Kier molecular flexibility index (Phi) is 5.85. The summed E-state index contributed by atoms with van der Waals surface area (Å²) >= 11 is 12.2. The molecule has 1 spiro atoms. The molecule has 170 valence electrons. The van der Waals surface area contributed by atoms with Crippen LogP contribution in [0.5, 0.6) is 0 Å². The molecule has 0 unspecified atom stereocenters. The number of rotatable bonds is 3. The normalized spacial score (nSPS) is 17.5. The van der Waals surface area contributed by atoms with E-state index in [4.69, 9.17) is 23.2 Å². The van der Waals surface area contributed by atoms with Gasteiger partial charge in [0.05, 0.1) is 11.2 Å². The van der Waals surface area contributed by atoms with Gasteiger partial charge < -0.3 is 9.80 Å². The summed E-state index contributed by atoms with van der Waals surface area (Å²) in [4.78, 5) is 34.7. The summed E-state index contributed by atoms with van der Waals surface area (Å²) in [6, 6.07) is 14.2. The van der Waals surface area contributed by atoms with Gasteiger partial charge in [0.2, 0.25) is 5.82 Å². The van der Waals surface area contributed by atoms with E-state index in [-0.39, 0.29) is 17.6 Å². The Bertz CT molecular complexity index is 1200. The molecule has 1 saturated heterocycles. The van der Waals surface area contributed by atoms with Crippen LogP contribution in [-0.2, 0) is 0 Å². The van der Waals surface area contributed by atoms with Crippen LogP contribution < -0.4 is 0 Å². The highest BCUT2D eigenvalue weighted by molar-refractivity contribution is 6.31. The lowest BCUT2D eigenvalue weighted by Gasteiger charge is -2.48. The number of nitrogens with zero attached hydrogens (tertiary/aromatic N) is 5. The third-order valence-corrected chi connectivity index (χ3v) is 7.02. The quantitative estimate of drug-likeness (QED) is 0.550. The minimum absolute atomic E-state index is 0.0563. The first-order valence-electron chi connectivity index (χ1n) is 11.0. The van der Waals surface area contributed by atoms with Crippen molar-refractivity contribution in [3.8, 4) is 5.69 Å². The second kappa shape index (κ2) is 8.80. The van der Waals surface area contributed by atoms with E-state index in [1.807, 2.05) is 21.9 Å². The van der Waals surface area contributed by atoms with Gasteiger partial charge in [0.1, 0.15) is 6.33 Å². The summed E-state index contributed by atoms with van der Waals surface area (Å²) < 4.78 is 1.55. The van der Waals surface area contributed by atoms with Gasteiger partial charge in [0.25, 0.3) is 11.8 Å². The van der Waals surface area contributed by atoms with Crippen molar-refractivity contribution in [3.05, 3.63) is 76.3 Å². The van der Waals surface area contributed by atoms with Crippen LogP contribution in [0.15, 0.2) is 54.9 Å². The van der Waals surface area contributed by atoms with E-state index in [9.17, 15) is 9.59 Å². The third kappa shape index (κ3) is 4.23. The van der Waals surface area contributed by atoms with Crippen molar-refractivity contribution >= 4 is 35.0 Å². The highest BCUT2D eigenvalue weighted by Crippen LogP contribution is 2.39. The Hall–Kier alpha value is -2.90. The summed E-state index contributed by atoms with van der Waals surface area (Å²) in [5.74, 6) is -0.109. The highest BCUT2D eigenvalue weighted by Gasteiger charge is 2.47. The minimum Gasteiger partial charge on any atom is -0.335 e. The number of hydrogen-bond acceptors (Lipinski definition) is 4. The first-order valence-corrected chi connectivity index (χ1v) is 11.8. The summed E-state index contributed by atoms with van der Waals surface area (Å²) in [7, 11) is 0. The number of hydrogen-bond donors (Lipinski definition) is 0. The Morgan fingerprint density at radius 1 is 0.909 bits per heavy atom. The van der Waals surface area contributed by atoms with E-state index in [0.717, 1.165) is 31.4 Å². The van der Waals surface area contributed by atoms with E-state index < -0.39 is 5.54 Å². The van der Waals surface area contributed by atoms with Crippen LogP contribution in [0.2, 0.25) is 10.0 Å². The van der Waals surface area contributed by atoms with Crippen LogP contribution in [0.1, 0.15) is 46.7 Å². The molecule has 33 heavy (non-hydrogen) atoms. The number of piperazine rings is 1. The zero-order valence-corrected chi connectivity index (χ0v) is 19.5. The highest BCUT2D eigenvalue weighted by atomic mass is 35.5. The predicted octanol–water partition coefficient (Wildman–Crippen LogP) is 4.49. The molecule has 7 nitrogen and oxygen atoms in total. The van der Waals surface area contributed by atoms with Crippen LogP contribution in [0.3, 0.4) is 0 Å². The molecule has 3 aromatic rings. The monoisotopic (exact) mass is 483 g/mol. The van der Waals surface area contributed by atoms with Gasteiger partial charge in [0, 0.05) is 35.2 Å². The first kappa shape index (κ1) is 21.9. The summed E-state index contributed by atoms with van der Waals surface area (Å²) in [6.07, 6.45) is 5.28. The lowest BCUT2D eigenvalue weighted by Crippen LogP contribution is -2.63. The van der Waals surface area contributed by atoms with Crippen molar-refractivity contribution < 1.29 is 9.59 Å². The molecule has 2 heterocycles. The number of benzene rings is 2. The lowest BCUT2D eigenvalue weighted by molar-refractivity contribution is 0.00568. The number of carbonyl (C=O) groups is 2. The number of amides is 2. The van der Waals surface area contributed by atoms with Crippen molar-refractivity contribution in [3.63, 3.8) is 0 Å². The largest absolute Gasteiger partial charge is 0.335 e. The van der Waals surface area contributed by atoms with E-state index in [0.29, 0.717) is 35.2 Å². The standard InChI is InChI=1S/C24H23Cl2N5O2/c25-18-6-3-5-17(13-18)22(32)29-11-12-30(24(15-29)9-1-2-10-24)23(33)21-27-16-31(28-21)20-8-4-7-19(26)14-20/h3-8,13-14,16H,1-2,9-12,15H2. The molecular formula is C24H23Cl2N5O2. The molecule has 1 aliphatic heterocycles. The second-order valence-electron chi connectivity index (χ2n) is 8.62. The molecule has 2 fully saturated rings. The molecule has 9 heteroatoms. The van der Waals surface area contributed by atoms with Crippen LogP contribution in [0.4, 0.5) is 0 Å². The SMILES string of the molecule is O=C(c1cccc(Cl)c1)N1CCN(C(=O)c2ncn(-c3cccc(Cl)c3)n2)C2(CCCC2)C1. The molecule has 2 aromatic carbocycles. The average molecular weight is 484 g/mol. The van der Waals surface area contributed by atoms with Gasteiger partial charge >= 0.3 is 0 Å². The first-order chi connectivity index (χ1) is 15.9. The Morgan fingerprint density at radius 3 is 2.36 bits per heavy atom. The summed E-state index contributed by atoms with van der Waals surface area (Å²) in [5.41, 5.74) is 0.907. The van der Waals surface area contributed by atoms with Gasteiger partial charge in [-0.3, -0.25) is 9.59 Å². The van der Waals surface area contributed by atoms with Gasteiger partial charge in [-0.2, -0.15) is 0 Å². The molecule has 1 saturated carbocycles.